The van der Waals surface area contributed by atoms with E-state index in [2.05, 4.69) is 15.1 Å². The van der Waals surface area contributed by atoms with Crippen LogP contribution in [0.1, 0.15) is 44.1 Å². The predicted molar refractivity (Wildman–Crippen MR) is 68.5 cm³/mol. The van der Waals surface area contributed by atoms with Gasteiger partial charge in [-0.3, -0.25) is 0 Å². The number of pyridine rings is 1. The molecule has 0 fully saturated rings. The quantitative estimate of drug-likeness (QED) is 0.894. The number of rotatable bonds is 4. The first-order valence-electron chi connectivity index (χ1n) is 6.24. The highest BCUT2D eigenvalue weighted by atomic mass is 16.3. The minimum absolute atomic E-state index is 0.508. The maximum atomic E-state index is 9.60. The van der Waals surface area contributed by atoms with Gasteiger partial charge in [0.15, 0.2) is 11.6 Å². The minimum atomic E-state index is -0.508. The van der Waals surface area contributed by atoms with Crippen LogP contribution in [0.4, 0.5) is 0 Å². The third-order valence-corrected chi connectivity index (χ3v) is 2.82. The lowest BCUT2D eigenvalue weighted by Crippen LogP contribution is -2.05. The first-order chi connectivity index (χ1) is 8.65. The summed E-state index contributed by atoms with van der Waals surface area (Å²) in [6.07, 6.45) is 2.78. The third-order valence-electron chi connectivity index (χ3n) is 2.82. The first-order valence-corrected chi connectivity index (χ1v) is 6.24. The molecular formula is C13H18N4O. The third kappa shape index (κ3) is 2.41. The van der Waals surface area contributed by atoms with Gasteiger partial charge >= 0.3 is 0 Å². The molecule has 96 valence electrons. The van der Waals surface area contributed by atoms with Crippen molar-refractivity contribution in [3.05, 3.63) is 35.5 Å². The van der Waals surface area contributed by atoms with E-state index in [0.717, 1.165) is 30.1 Å². The van der Waals surface area contributed by atoms with Crippen LogP contribution in [0.5, 0.6) is 0 Å². The second kappa shape index (κ2) is 5.27. The molecular weight excluding hydrogens is 228 g/mol. The van der Waals surface area contributed by atoms with Crippen LogP contribution in [0.15, 0.2) is 18.3 Å². The molecule has 5 heteroatoms. The molecule has 0 saturated carbocycles. The monoisotopic (exact) mass is 246 g/mol. The van der Waals surface area contributed by atoms with Gasteiger partial charge in [0.2, 0.25) is 0 Å². The molecule has 0 aromatic carbocycles. The van der Waals surface area contributed by atoms with E-state index < -0.39 is 6.10 Å². The van der Waals surface area contributed by atoms with Gasteiger partial charge in [-0.05, 0) is 24.6 Å². The number of nitrogens with zero attached hydrogens (tertiary/aromatic N) is 4. The molecule has 1 atom stereocenters. The summed E-state index contributed by atoms with van der Waals surface area (Å²) in [5, 5.41) is 14.0. The molecule has 2 aromatic rings. The highest BCUT2D eigenvalue weighted by Gasteiger charge is 2.11. The Kier molecular flexibility index (Phi) is 3.72. The summed E-state index contributed by atoms with van der Waals surface area (Å²) < 4.78 is 1.75. The fourth-order valence-corrected chi connectivity index (χ4v) is 1.76. The van der Waals surface area contributed by atoms with Gasteiger partial charge in [0, 0.05) is 19.0 Å². The summed E-state index contributed by atoms with van der Waals surface area (Å²) in [5.74, 6) is 2.41. The van der Waals surface area contributed by atoms with Gasteiger partial charge in [-0.2, -0.15) is 4.68 Å². The first kappa shape index (κ1) is 12.7. The van der Waals surface area contributed by atoms with Crippen LogP contribution >= 0.6 is 0 Å². The Balaban J connectivity index is 2.47. The van der Waals surface area contributed by atoms with Crippen molar-refractivity contribution in [1.29, 1.82) is 0 Å². The molecule has 2 aromatic heterocycles. The summed E-state index contributed by atoms with van der Waals surface area (Å²) >= 11 is 0. The topological polar surface area (TPSA) is 63.8 Å². The van der Waals surface area contributed by atoms with Gasteiger partial charge in [-0.15, -0.1) is 5.10 Å². The zero-order chi connectivity index (χ0) is 13.1. The largest absolute Gasteiger partial charge is 0.389 e. The van der Waals surface area contributed by atoms with Gasteiger partial charge in [0.05, 0.1) is 6.10 Å². The minimum Gasteiger partial charge on any atom is -0.389 e. The van der Waals surface area contributed by atoms with E-state index >= 15 is 0 Å². The number of hydrogen-bond donors (Lipinski definition) is 1. The van der Waals surface area contributed by atoms with Crippen molar-refractivity contribution in [3.8, 4) is 5.82 Å². The summed E-state index contributed by atoms with van der Waals surface area (Å²) in [7, 11) is 0. The lowest BCUT2D eigenvalue weighted by molar-refractivity contribution is 0.199. The number of aliphatic hydroxyl groups excluding tert-OH is 1. The van der Waals surface area contributed by atoms with E-state index in [1.807, 2.05) is 19.9 Å². The molecule has 0 aliphatic carbocycles. The molecule has 18 heavy (non-hydrogen) atoms. The summed E-state index contributed by atoms with van der Waals surface area (Å²) in [6, 6.07) is 3.65. The molecule has 1 N–H and O–H groups in total. The molecule has 0 amide bonds. The van der Waals surface area contributed by atoms with Gasteiger partial charge in [-0.25, -0.2) is 9.97 Å². The van der Waals surface area contributed by atoms with E-state index in [4.69, 9.17) is 0 Å². The van der Waals surface area contributed by atoms with E-state index in [9.17, 15) is 5.11 Å². The zero-order valence-corrected chi connectivity index (χ0v) is 11.0. The second-order valence-corrected chi connectivity index (χ2v) is 4.19. The Morgan fingerprint density at radius 3 is 2.72 bits per heavy atom. The Hall–Kier alpha value is -1.75. The lowest BCUT2D eigenvalue weighted by Gasteiger charge is -2.07. The normalized spacial score (nSPS) is 12.7. The average Bonchev–Trinajstić information content (AvgIpc) is 2.82. The van der Waals surface area contributed by atoms with Crippen molar-refractivity contribution in [1.82, 2.24) is 19.7 Å². The van der Waals surface area contributed by atoms with Crippen molar-refractivity contribution >= 4 is 0 Å². The number of aliphatic hydroxyl groups is 1. The predicted octanol–water partition coefficient (Wildman–Crippen LogP) is 1.84. The summed E-state index contributed by atoms with van der Waals surface area (Å²) in [4.78, 5) is 8.75. The van der Waals surface area contributed by atoms with E-state index in [0.29, 0.717) is 5.82 Å². The van der Waals surface area contributed by atoms with Crippen molar-refractivity contribution < 1.29 is 5.11 Å². The Morgan fingerprint density at radius 1 is 1.33 bits per heavy atom. The molecule has 5 nitrogen and oxygen atoms in total. The van der Waals surface area contributed by atoms with Crippen LogP contribution in [0.3, 0.4) is 0 Å². The number of aromatic nitrogens is 4. The van der Waals surface area contributed by atoms with Gasteiger partial charge < -0.3 is 5.11 Å². The molecule has 0 spiro atoms. The molecule has 0 radical (unpaired) electrons. The summed E-state index contributed by atoms with van der Waals surface area (Å²) in [6.45, 7) is 5.80. The van der Waals surface area contributed by atoms with Crippen LogP contribution in [0, 0.1) is 0 Å². The number of hydrogen-bond acceptors (Lipinski definition) is 4. The Bertz CT molecular complexity index is 534. The smallest absolute Gasteiger partial charge is 0.155 e. The number of aryl methyl sites for hydroxylation is 2. The van der Waals surface area contributed by atoms with Crippen molar-refractivity contribution in [2.24, 2.45) is 0 Å². The maximum Gasteiger partial charge on any atom is 0.155 e. The fourth-order valence-electron chi connectivity index (χ4n) is 1.76. The highest BCUT2D eigenvalue weighted by molar-refractivity contribution is 5.29. The molecule has 0 bridgehead atoms. The van der Waals surface area contributed by atoms with E-state index in [-0.39, 0.29) is 0 Å². The molecule has 2 rings (SSSR count). The molecule has 2 heterocycles. The zero-order valence-electron chi connectivity index (χ0n) is 11.0. The summed E-state index contributed by atoms with van der Waals surface area (Å²) in [5.41, 5.74) is 0.829. The Labute approximate surface area is 107 Å². The molecule has 0 aliphatic rings. The van der Waals surface area contributed by atoms with Gasteiger partial charge in [-0.1, -0.05) is 13.8 Å². The van der Waals surface area contributed by atoms with E-state index in [1.165, 1.54) is 0 Å². The van der Waals surface area contributed by atoms with Crippen LogP contribution in [-0.4, -0.2) is 24.9 Å². The standard InChI is InChI=1S/C13H18N4O/c1-4-11-15-12(5-2)17(16-11)13-8-10(9(3)18)6-7-14-13/h6-9,18H,4-5H2,1-3H3/t9-/m0/s1. The fraction of sp³-hybridized carbons (Fsp3) is 0.462. The highest BCUT2D eigenvalue weighted by Crippen LogP contribution is 2.15. The SMILES string of the molecule is CCc1nc(CC)n(-c2cc([C@H](C)O)ccn2)n1. The van der Waals surface area contributed by atoms with Crippen molar-refractivity contribution in [2.45, 2.75) is 39.7 Å². The second-order valence-electron chi connectivity index (χ2n) is 4.19. The van der Waals surface area contributed by atoms with Crippen LogP contribution < -0.4 is 0 Å². The van der Waals surface area contributed by atoms with Crippen LogP contribution in [0.2, 0.25) is 0 Å². The van der Waals surface area contributed by atoms with Gasteiger partial charge in [0.1, 0.15) is 5.82 Å². The Morgan fingerprint density at radius 2 is 2.11 bits per heavy atom. The van der Waals surface area contributed by atoms with Crippen molar-refractivity contribution in [2.75, 3.05) is 0 Å². The molecule has 0 saturated heterocycles. The lowest BCUT2D eigenvalue weighted by atomic mass is 10.2. The molecule has 0 unspecified atom stereocenters. The van der Waals surface area contributed by atoms with Crippen molar-refractivity contribution in [3.63, 3.8) is 0 Å². The maximum absolute atomic E-state index is 9.60. The van der Waals surface area contributed by atoms with Crippen LogP contribution in [-0.2, 0) is 12.8 Å². The van der Waals surface area contributed by atoms with Crippen LogP contribution in [0.25, 0.3) is 5.82 Å². The van der Waals surface area contributed by atoms with Gasteiger partial charge in [0.25, 0.3) is 0 Å². The molecule has 0 aliphatic heterocycles. The van der Waals surface area contributed by atoms with E-state index in [1.54, 1.807) is 23.9 Å². The average molecular weight is 246 g/mol.